The molecule has 0 aliphatic heterocycles. The van der Waals surface area contributed by atoms with Crippen LogP contribution in [0.15, 0.2) is 19.0 Å². The Balaban J connectivity index is 2.37. The van der Waals surface area contributed by atoms with Gasteiger partial charge in [-0.15, -0.1) is 0 Å². The van der Waals surface area contributed by atoms with Crippen LogP contribution < -0.4 is 4.57 Å². The van der Waals surface area contributed by atoms with E-state index >= 15 is 0 Å². The van der Waals surface area contributed by atoms with E-state index in [9.17, 15) is 8.42 Å². The van der Waals surface area contributed by atoms with Gasteiger partial charge in [0.2, 0.25) is 12.7 Å². The van der Waals surface area contributed by atoms with Crippen LogP contribution in [0.5, 0.6) is 0 Å². The summed E-state index contributed by atoms with van der Waals surface area (Å²) in [6, 6.07) is 0. The van der Waals surface area contributed by atoms with Crippen molar-refractivity contribution in [2.75, 3.05) is 12.9 Å². The van der Waals surface area contributed by atoms with Crippen LogP contribution in [0.25, 0.3) is 0 Å². The molecule has 0 bridgehead atoms. The zero-order valence-corrected chi connectivity index (χ0v) is 7.94. The van der Waals surface area contributed by atoms with Gasteiger partial charge in [-0.05, 0) is 0 Å². The minimum atomic E-state index is -3.35. The minimum absolute atomic E-state index is 0.0941. The topological polar surface area (TPSA) is 73.0 Å². The van der Waals surface area contributed by atoms with Crippen LogP contribution in [-0.2, 0) is 20.8 Å². The van der Waals surface area contributed by atoms with E-state index in [0.717, 1.165) is 6.26 Å². The summed E-state index contributed by atoms with van der Waals surface area (Å²) in [6.07, 6.45) is 5.49. The molecule has 0 spiro atoms. The average molecular weight is 204 g/mol. The second-order valence-corrected chi connectivity index (χ2v) is 4.05. The van der Waals surface area contributed by atoms with Gasteiger partial charge in [0.05, 0.1) is 19.4 Å². The van der Waals surface area contributed by atoms with Gasteiger partial charge in [0.15, 0.2) is 0 Å². The van der Waals surface area contributed by atoms with Crippen molar-refractivity contribution in [3.63, 3.8) is 0 Å². The van der Waals surface area contributed by atoms with E-state index in [1.54, 1.807) is 17.2 Å². The molecule has 0 atom stereocenters. The van der Waals surface area contributed by atoms with Gasteiger partial charge in [0.25, 0.3) is 16.4 Å². The molecule has 0 saturated heterocycles. The summed E-state index contributed by atoms with van der Waals surface area (Å²) in [5.41, 5.74) is 0. The van der Waals surface area contributed by atoms with Crippen molar-refractivity contribution in [2.24, 2.45) is 0 Å². The molecule has 1 aromatic rings. The van der Waals surface area contributed by atoms with Gasteiger partial charge in [-0.3, -0.25) is 4.18 Å². The van der Waals surface area contributed by atoms with Gasteiger partial charge in [-0.25, -0.2) is 4.57 Å². The van der Waals surface area contributed by atoms with Crippen molar-refractivity contribution in [1.82, 2.24) is 9.97 Å². The maximum atomic E-state index is 10.6. The van der Waals surface area contributed by atoms with E-state index in [-0.39, 0.29) is 6.61 Å². The fraction of sp³-hybridized carbons (Fsp3) is 0.500. The average Bonchev–Trinajstić information content (AvgIpc) is 2.04. The van der Waals surface area contributed by atoms with Crippen LogP contribution in [-0.4, -0.2) is 31.2 Å². The Kier molecular flexibility index (Phi) is 3.26. The van der Waals surface area contributed by atoms with Gasteiger partial charge in [0, 0.05) is 0 Å². The van der Waals surface area contributed by atoms with Crippen molar-refractivity contribution in [2.45, 2.75) is 6.54 Å². The summed E-state index contributed by atoms with van der Waals surface area (Å²) in [5.74, 6) is 0. The number of hydrogen-bond donors (Lipinski definition) is 0. The molecule has 1 aromatic heterocycles. The zero-order valence-electron chi connectivity index (χ0n) is 7.12. The highest BCUT2D eigenvalue weighted by molar-refractivity contribution is 7.85. The molecule has 0 aliphatic rings. The lowest BCUT2D eigenvalue weighted by atomic mass is 10.7. The second kappa shape index (κ2) is 4.24. The molecule has 0 aromatic carbocycles. The molecule has 0 N–H and O–H groups in total. The predicted molar refractivity (Wildman–Crippen MR) is 43.0 cm³/mol. The third-order valence-corrected chi connectivity index (χ3v) is 1.81. The van der Waals surface area contributed by atoms with Crippen molar-refractivity contribution in [1.29, 1.82) is 0 Å². The monoisotopic (exact) mass is 204 g/mol. The van der Waals surface area contributed by atoms with Gasteiger partial charge in [-0.1, -0.05) is 9.97 Å². The molecule has 0 radical (unpaired) electrons. The lowest BCUT2D eigenvalue weighted by Crippen LogP contribution is -2.36. The van der Waals surface area contributed by atoms with Gasteiger partial charge in [0.1, 0.15) is 0 Å². The molecule has 6 nitrogen and oxygen atoms in total. The quantitative estimate of drug-likeness (QED) is 0.452. The third-order valence-electron chi connectivity index (χ3n) is 1.21. The molecule has 1 heterocycles. The van der Waals surface area contributed by atoms with E-state index < -0.39 is 10.1 Å². The van der Waals surface area contributed by atoms with Crippen molar-refractivity contribution in [3.05, 3.63) is 19.0 Å². The zero-order chi connectivity index (χ0) is 9.73. The fourth-order valence-electron chi connectivity index (χ4n) is 0.709. The molecular formula is C6H10N3O3S+. The van der Waals surface area contributed by atoms with E-state index in [0.29, 0.717) is 6.54 Å². The largest absolute Gasteiger partial charge is 0.267 e. The summed E-state index contributed by atoms with van der Waals surface area (Å²) in [6.45, 7) is 0.505. The Morgan fingerprint density at radius 2 is 2.00 bits per heavy atom. The van der Waals surface area contributed by atoms with Crippen LogP contribution in [0.2, 0.25) is 0 Å². The molecule has 72 valence electrons. The second-order valence-electron chi connectivity index (χ2n) is 2.41. The molecular weight excluding hydrogens is 194 g/mol. The van der Waals surface area contributed by atoms with Crippen LogP contribution in [0.3, 0.4) is 0 Å². The highest BCUT2D eigenvalue weighted by Crippen LogP contribution is 1.84. The minimum Gasteiger partial charge on any atom is -0.267 e. The Bertz CT molecular complexity index is 351. The normalized spacial score (nSPS) is 11.5. The lowest BCUT2D eigenvalue weighted by molar-refractivity contribution is -0.703. The first-order valence-corrected chi connectivity index (χ1v) is 5.38. The first-order chi connectivity index (χ1) is 6.08. The van der Waals surface area contributed by atoms with Crippen molar-refractivity contribution >= 4 is 10.1 Å². The van der Waals surface area contributed by atoms with E-state index in [4.69, 9.17) is 0 Å². The molecule has 13 heavy (non-hydrogen) atoms. The van der Waals surface area contributed by atoms with Crippen molar-refractivity contribution in [3.8, 4) is 0 Å². The molecule has 0 aliphatic carbocycles. The molecule has 0 amide bonds. The summed E-state index contributed by atoms with van der Waals surface area (Å²) >= 11 is 0. The molecule has 0 unspecified atom stereocenters. The Hall–Kier alpha value is -1.08. The van der Waals surface area contributed by atoms with Gasteiger partial charge in [-0.2, -0.15) is 8.42 Å². The summed E-state index contributed by atoms with van der Waals surface area (Å²) < 4.78 is 27.3. The van der Waals surface area contributed by atoms with Crippen LogP contribution >= 0.6 is 0 Å². The number of nitrogens with zero attached hydrogens (tertiary/aromatic N) is 3. The van der Waals surface area contributed by atoms with E-state index in [1.165, 1.54) is 6.33 Å². The Morgan fingerprint density at radius 3 is 2.54 bits per heavy atom. The molecule has 1 rings (SSSR count). The first kappa shape index (κ1) is 10.0. The standard InChI is InChI=1S/C6H10N3O3S/c1-13(10,11)12-3-2-9-5-7-4-8-6-9/h4-6H,2-3H2,1H3/q+1. The van der Waals surface area contributed by atoms with E-state index in [2.05, 4.69) is 14.2 Å². The predicted octanol–water partition coefficient (Wildman–Crippen LogP) is -1.26. The maximum absolute atomic E-state index is 10.6. The number of rotatable bonds is 4. The molecule has 0 saturated carbocycles. The summed E-state index contributed by atoms with van der Waals surface area (Å²) in [4.78, 5) is 7.49. The Morgan fingerprint density at radius 1 is 1.38 bits per heavy atom. The van der Waals surface area contributed by atoms with Crippen LogP contribution in [0.4, 0.5) is 0 Å². The summed E-state index contributed by atoms with van der Waals surface area (Å²) in [7, 11) is -3.35. The highest BCUT2D eigenvalue weighted by Gasteiger charge is 2.02. The Labute approximate surface area is 76.3 Å². The fourth-order valence-corrected chi connectivity index (χ4v) is 1.09. The van der Waals surface area contributed by atoms with E-state index in [1.807, 2.05) is 0 Å². The molecule has 7 heteroatoms. The van der Waals surface area contributed by atoms with Crippen molar-refractivity contribution < 1.29 is 17.2 Å². The van der Waals surface area contributed by atoms with Gasteiger partial charge >= 0.3 is 0 Å². The highest BCUT2D eigenvalue weighted by atomic mass is 32.2. The summed E-state index contributed by atoms with van der Waals surface area (Å²) in [5, 5.41) is 0. The lowest BCUT2D eigenvalue weighted by Gasteiger charge is -1.98. The smallest absolute Gasteiger partial charge is 0.264 e. The van der Waals surface area contributed by atoms with Gasteiger partial charge < -0.3 is 0 Å². The maximum Gasteiger partial charge on any atom is 0.264 e. The van der Waals surface area contributed by atoms with Crippen LogP contribution in [0, 0.1) is 0 Å². The number of hydrogen-bond acceptors (Lipinski definition) is 5. The molecule has 0 fully saturated rings. The van der Waals surface area contributed by atoms with Crippen LogP contribution in [0.1, 0.15) is 0 Å². The SMILES string of the molecule is CS(=O)(=O)OCC[n+]1cncnc1. The number of aromatic nitrogens is 3. The third kappa shape index (κ3) is 4.48. The first-order valence-electron chi connectivity index (χ1n) is 3.56.